The first-order chi connectivity index (χ1) is 14.8. The highest BCUT2D eigenvalue weighted by Gasteiger charge is 2.55. The highest BCUT2D eigenvalue weighted by Crippen LogP contribution is 2.51. The first-order valence-corrected chi connectivity index (χ1v) is 12.7. The number of carbonyl (C=O) groups is 2. The van der Waals surface area contributed by atoms with Gasteiger partial charge >= 0.3 is 12.1 Å². The zero-order valence-electron chi connectivity index (χ0n) is 21.2. The molecule has 1 aliphatic heterocycles. The average Bonchev–Trinajstić information content (AvgIpc) is 2.97. The Balaban J connectivity index is 2.76. The van der Waals surface area contributed by atoms with E-state index in [4.69, 9.17) is 15.2 Å². The number of likely N-dealkylation sites (tertiary alicyclic amines) is 1. The number of hydrogen-bond acceptors (Lipinski definition) is 7. The molecule has 1 aliphatic rings. The molecule has 1 amide bonds. The standard InChI is InChI=1S/C24H38N2O6S/c1-15(2)33(29,30)18-11-10-16(25)14-17(18)19-24(9,20(27)31-22(3,4)5)12-13-26(19)21(28)32-23(6,7)8/h10-11,14-15,19H,12-13,25H2,1-9H3. The monoisotopic (exact) mass is 482 g/mol. The molecule has 0 radical (unpaired) electrons. The van der Waals surface area contributed by atoms with E-state index in [-0.39, 0.29) is 17.9 Å². The number of rotatable bonds is 4. The van der Waals surface area contributed by atoms with Crippen LogP contribution in [-0.2, 0) is 24.1 Å². The molecule has 0 aliphatic carbocycles. The summed E-state index contributed by atoms with van der Waals surface area (Å²) >= 11 is 0. The number of anilines is 1. The summed E-state index contributed by atoms with van der Waals surface area (Å²) in [6.07, 6.45) is -0.350. The van der Waals surface area contributed by atoms with Gasteiger partial charge in [0.2, 0.25) is 0 Å². The molecule has 0 bridgehead atoms. The smallest absolute Gasteiger partial charge is 0.410 e. The van der Waals surface area contributed by atoms with E-state index in [1.54, 1.807) is 62.3 Å². The van der Waals surface area contributed by atoms with Gasteiger partial charge in [-0.15, -0.1) is 0 Å². The number of esters is 1. The van der Waals surface area contributed by atoms with Crippen LogP contribution in [0, 0.1) is 5.41 Å². The van der Waals surface area contributed by atoms with Crippen molar-refractivity contribution in [1.29, 1.82) is 0 Å². The summed E-state index contributed by atoms with van der Waals surface area (Å²) in [6.45, 7) is 15.6. The molecule has 0 aromatic heterocycles. The molecule has 1 saturated heterocycles. The second kappa shape index (κ2) is 8.81. The van der Waals surface area contributed by atoms with Crippen molar-refractivity contribution in [2.24, 2.45) is 5.41 Å². The van der Waals surface area contributed by atoms with E-state index in [0.29, 0.717) is 11.3 Å². The molecule has 1 heterocycles. The molecule has 9 heteroatoms. The van der Waals surface area contributed by atoms with Crippen molar-refractivity contribution >= 4 is 27.6 Å². The van der Waals surface area contributed by atoms with Gasteiger partial charge in [-0.2, -0.15) is 0 Å². The van der Waals surface area contributed by atoms with Crippen LogP contribution in [-0.4, -0.2) is 48.4 Å². The van der Waals surface area contributed by atoms with Crippen molar-refractivity contribution in [3.05, 3.63) is 23.8 Å². The Morgan fingerprint density at radius 1 is 1.09 bits per heavy atom. The fourth-order valence-corrected chi connectivity index (χ4v) is 5.16. The molecular formula is C24H38N2O6S. The lowest BCUT2D eigenvalue weighted by Gasteiger charge is -2.37. The van der Waals surface area contributed by atoms with E-state index in [0.717, 1.165) is 0 Å². The summed E-state index contributed by atoms with van der Waals surface area (Å²) in [6, 6.07) is 3.55. The van der Waals surface area contributed by atoms with Crippen molar-refractivity contribution < 1.29 is 27.5 Å². The lowest BCUT2D eigenvalue weighted by Crippen LogP contribution is -2.43. The summed E-state index contributed by atoms with van der Waals surface area (Å²) in [5.74, 6) is -0.513. The number of nitrogens with zero attached hydrogens (tertiary/aromatic N) is 1. The van der Waals surface area contributed by atoms with Crippen molar-refractivity contribution in [2.75, 3.05) is 12.3 Å². The molecule has 2 rings (SSSR count). The molecular weight excluding hydrogens is 444 g/mol. The number of ether oxygens (including phenoxy) is 2. The van der Waals surface area contributed by atoms with Crippen LogP contribution >= 0.6 is 0 Å². The molecule has 1 aromatic rings. The maximum atomic E-state index is 13.4. The van der Waals surface area contributed by atoms with E-state index < -0.39 is 49.8 Å². The first kappa shape index (κ1) is 27.0. The van der Waals surface area contributed by atoms with Crippen LogP contribution in [0.2, 0.25) is 0 Å². The van der Waals surface area contributed by atoms with Gasteiger partial charge in [-0.25, -0.2) is 13.2 Å². The van der Waals surface area contributed by atoms with Crippen LogP contribution in [0.3, 0.4) is 0 Å². The third-order valence-electron chi connectivity index (χ3n) is 5.54. The molecule has 2 atom stereocenters. The Bertz CT molecular complexity index is 1020. The number of nitrogen functional groups attached to an aromatic ring is 1. The summed E-state index contributed by atoms with van der Waals surface area (Å²) in [7, 11) is -3.74. The van der Waals surface area contributed by atoms with E-state index in [2.05, 4.69) is 0 Å². The van der Waals surface area contributed by atoms with Gasteiger partial charge in [-0.1, -0.05) is 0 Å². The molecule has 1 fully saturated rings. The zero-order chi connectivity index (χ0) is 25.6. The Morgan fingerprint density at radius 3 is 2.12 bits per heavy atom. The molecule has 186 valence electrons. The van der Waals surface area contributed by atoms with Gasteiger partial charge in [0, 0.05) is 12.2 Å². The second-order valence-corrected chi connectivity index (χ2v) is 13.6. The highest BCUT2D eigenvalue weighted by atomic mass is 32.2. The first-order valence-electron chi connectivity index (χ1n) is 11.2. The Hall–Kier alpha value is -2.29. The molecule has 2 N–H and O–H groups in total. The lowest BCUT2D eigenvalue weighted by atomic mass is 9.78. The molecule has 33 heavy (non-hydrogen) atoms. The number of benzene rings is 1. The molecule has 0 spiro atoms. The van der Waals surface area contributed by atoms with Crippen molar-refractivity contribution in [3.63, 3.8) is 0 Å². The van der Waals surface area contributed by atoms with Crippen LogP contribution in [0.25, 0.3) is 0 Å². The van der Waals surface area contributed by atoms with E-state index in [1.807, 2.05) is 0 Å². The van der Waals surface area contributed by atoms with E-state index in [9.17, 15) is 18.0 Å². The molecule has 0 saturated carbocycles. The number of carbonyl (C=O) groups excluding carboxylic acids is 2. The summed E-state index contributed by atoms with van der Waals surface area (Å²) < 4.78 is 37.8. The van der Waals surface area contributed by atoms with Gasteiger partial charge in [0.25, 0.3) is 0 Å². The Kier molecular flexibility index (Phi) is 7.20. The quantitative estimate of drug-likeness (QED) is 0.497. The maximum Gasteiger partial charge on any atom is 0.410 e. The summed E-state index contributed by atoms with van der Waals surface area (Å²) in [5, 5.41) is -0.705. The maximum absolute atomic E-state index is 13.4. The highest BCUT2D eigenvalue weighted by molar-refractivity contribution is 7.92. The van der Waals surface area contributed by atoms with Gasteiger partial charge in [0.05, 0.1) is 21.6 Å². The van der Waals surface area contributed by atoms with Crippen LogP contribution in [0.15, 0.2) is 23.1 Å². The minimum absolute atomic E-state index is 0.0435. The third-order valence-corrected chi connectivity index (χ3v) is 7.76. The van der Waals surface area contributed by atoms with Crippen LogP contribution in [0.1, 0.15) is 80.3 Å². The van der Waals surface area contributed by atoms with Gasteiger partial charge in [-0.3, -0.25) is 9.69 Å². The fourth-order valence-electron chi connectivity index (χ4n) is 3.89. The molecule has 1 aromatic carbocycles. The van der Waals surface area contributed by atoms with Gasteiger partial charge < -0.3 is 15.2 Å². The van der Waals surface area contributed by atoms with Gasteiger partial charge in [0.1, 0.15) is 11.2 Å². The van der Waals surface area contributed by atoms with Gasteiger partial charge in [0.15, 0.2) is 9.84 Å². The van der Waals surface area contributed by atoms with E-state index >= 15 is 0 Å². The Morgan fingerprint density at radius 2 is 1.64 bits per heavy atom. The minimum Gasteiger partial charge on any atom is -0.459 e. The largest absolute Gasteiger partial charge is 0.459 e. The lowest BCUT2D eigenvalue weighted by molar-refractivity contribution is -0.168. The average molecular weight is 483 g/mol. The normalized spacial score (nSPS) is 21.9. The van der Waals surface area contributed by atoms with Crippen molar-refractivity contribution in [2.45, 2.75) is 96.1 Å². The number of hydrogen-bond donors (Lipinski definition) is 1. The van der Waals surface area contributed by atoms with Crippen LogP contribution in [0.5, 0.6) is 0 Å². The summed E-state index contributed by atoms with van der Waals surface area (Å²) in [4.78, 5) is 28.1. The topological polar surface area (TPSA) is 116 Å². The van der Waals surface area contributed by atoms with Crippen LogP contribution in [0.4, 0.5) is 10.5 Å². The van der Waals surface area contributed by atoms with Crippen molar-refractivity contribution in [3.8, 4) is 0 Å². The second-order valence-electron chi connectivity index (χ2n) is 11.1. The summed E-state index contributed by atoms with van der Waals surface area (Å²) in [5.41, 5.74) is 3.94. The van der Waals surface area contributed by atoms with E-state index in [1.165, 1.54) is 23.1 Å². The number of sulfone groups is 1. The third kappa shape index (κ3) is 5.80. The SMILES string of the molecule is CC(C)S(=O)(=O)c1ccc(N)cc1C1N(C(=O)OC(C)(C)C)CCC1(C)C(=O)OC(C)(C)C. The minimum atomic E-state index is -3.74. The fraction of sp³-hybridized carbons (Fsp3) is 0.667. The van der Waals surface area contributed by atoms with Crippen molar-refractivity contribution in [1.82, 2.24) is 4.90 Å². The van der Waals surface area contributed by atoms with Crippen LogP contribution < -0.4 is 5.73 Å². The van der Waals surface area contributed by atoms with Gasteiger partial charge in [-0.05, 0) is 92.5 Å². The predicted molar refractivity (Wildman–Crippen MR) is 127 cm³/mol. The zero-order valence-corrected chi connectivity index (χ0v) is 22.0. The number of amides is 1. The predicted octanol–water partition coefficient (Wildman–Crippen LogP) is 4.48. The number of nitrogens with two attached hydrogens (primary N) is 1. The molecule has 2 unspecified atom stereocenters. The molecule has 8 nitrogen and oxygen atoms in total. The Labute approximate surface area is 197 Å².